The van der Waals surface area contributed by atoms with Gasteiger partial charge in [0.05, 0.1) is 35.5 Å². The molecule has 184 valence electrons. The van der Waals surface area contributed by atoms with Gasteiger partial charge < -0.3 is 10.2 Å². The molecular weight excluding hydrogens is 450 g/mol. The van der Waals surface area contributed by atoms with Gasteiger partial charge >= 0.3 is 0 Å². The summed E-state index contributed by atoms with van der Waals surface area (Å²) in [5.41, 5.74) is 3.10. The van der Waals surface area contributed by atoms with Gasteiger partial charge in [0.1, 0.15) is 11.9 Å². The number of allylic oxidation sites excluding steroid dienone is 1. The largest absolute Gasteiger partial charge is 0.356 e. The van der Waals surface area contributed by atoms with Gasteiger partial charge in [0.2, 0.25) is 0 Å². The fourth-order valence-electron chi connectivity index (χ4n) is 3.83. The van der Waals surface area contributed by atoms with Crippen molar-refractivity contribution in [3.8, 4) is 23.3 Å². The number of rotatable bonds is 8. The van der Waals surface area contributed by atoms with E-state index in [-0.39, 0.29) is 5.91 Å². The number of anilines is 2. The van der Waals surface area contributed by atoms with E-state index in [1.807, 2.05) is 19.1 Å². The van der Waals surface area contributed by atoms with Crippen LogP contribution in [0, 0.1) is 35.0 Å². The van der Waals surface area contributed by atoms with Crippen LogP contribution in [0.5, 0.6) is 0 Å². The molecule has 1 saturated heterocycles. The topological polar surface area (TPSA) is 118 Å². The SMILES string of the molecule is C=C/C(=C\C=NCC(C)(C)C#N)C(=O)Nc1cnc(C)c(-c2cnc(N3CCCCC3)c(C#N)c2)c1. The van der Waals surface area contributed by atoms with Crippen molar-refractivity contribution < 1.29 is 4.79 Å². The maximum absolute atomic E-state index is 12.8. The van der Waals surface area contributed by atoms with Gasteiger partial charge in [-0.25, -0.2) is 4.98 Å². The standard InChI is InChI=1S/C28H31N7O/c1-5-21(9-10-31-19-28(3,4)18-30)27(36)34-24-14-25(20(2)32-17-24)23-13-22(15-29)26(33-16-23)35-11-7-6-8-12-35/h5,9-10,13-14,16-17H,1,6-8,11-12,19H2,2-4H3,(H,34,36)/b21-9+,31-10?. The quantitative estimate of drug-likeness (QED) is 0.322. The summed E-state index contributed by atoms with van der Waals surface area (Å²) >= 11 is 0. The first-order valence-electron chi connectivity index (χ1n) is 11.9. The molecule has 1 amide bonds. The lowest BCUT2D eigenvalue weighted by atomic mass is 9.96. The summed E-state index contributed by atoms with van der Waals surface area (Å²) in [7, 11) is 0. The molecule has 36 heavy (non-hydrogen) atoms. The van der Waals surface area contributed by atoms with E-state index in [9.17, 15) is 10.1 Å². The maximum atomic E-state index is 12.8. The molecule has 8 nitrogen and oxygen atoms in total. The Balaban J connectivity index is 1.80. The first-order chi connectivity index (χ1) is 17.3. The van der Waals surface area contributed by atoms with Gasteiger partial charge in [0.25, 0.3) is 5.91 Å². The molecule has 1 aliphatic heterocycles. The fourth-order valence-corrected chi connectivity index (χ4v) is 3.83. The molecule has 2 aromatic heterocycles. The Kier molecular flexibility index (Phi) is 8.70. The first kappa shape index (κ1) is 26.3. The summed E-state index contributed by atoms with van der Waals surface area (Å²) in [4.78, 5) is 28.2. The molecule has 3 rings (SSSR count). The molecule has 2 aromatic rings. The summed E-state index contributed by atoms with van der Waals surface area (Å²) in [6.07, 6.45) is 11.3. The minimum atomic E-state index is -0.572. The number of pyridine rings is 2. The van der Waals surface area contributed by atoms with Gasteiger partial charge in [-0.1, -0.05) is 12.7 Å². The zero-order valence-corrected chi connectivity index (χ0v) is 21.1. The second-order valence-corrected chi connectivity index (χ2v) is 9.38. The number of aliphatic imine (C=N–C) groups is 1. The second-order valence-electron chi connectivity index (χ2n) is 9.38. The summed E-state index contributed by atoms with van der Waals surface area (Å²) in [5.74, 6) is 0.362. The summed E-state index contributed by atoms with van der Waals surface area (Å²) in [6, 6.07) is 8.13. The lowest BCUT2D eigenvalue weighted by Crippen LogP contribution is -2.30. The van der Waals surface area contributed by atoms with Crippen LogP contribution in [-0.4, -0.2) is 41.7 Å². The number of carbonyl (C=O) groups is 1. The molecule has 1 N–H and O–H groups in total. The zero-order chi connectivity index (χ0) is 26.1. The van der Waals surface area contributed by atoms with Gasteiger partial charge in [0.15, 0.2) is 0 Å². The maximum Gasteiger partial charge on any atom is 0.255 e. The third-order valence-corrected chi connectivity index (χ3v) is 5.93. The Hall–Kier alpha value is -4.30. The van der Waals surface area contributed by atoms with Crippen molar-refractivity contribution in [1.29, 1.82) is 10.5 Å². The summed E-state index contributed by atoms with van der Waals surface area (Å²) in [6.45, 7) is 11.3. The Bertz CT molecular complexity index is 1270. The number of nitrogens with one attached hydrogen (secondary N) is 1. The minimum Gasteiger partial charge on any atom is -0.356 e. The zero-order valence-electron chi connectivity index (χ0n) is 21.1. The van der Waals surface area contributed by atoms with E-state index < -0.39 is 5.41 Å². The van der Waals surface area contributed by atoms with E-state index in [2.05, 4.69) is 43.9 Å². The number of hydrogen-bond acceptors (Lipinski definition) is 7. The van der Waals surface area contributed by atoms with Crippen LogP contribution in [0.2, 0.25) is 0 Å². The van der Waals surface area contributed by atoms with E-state index >= 15 is 0 Å². The van der Waals surface area contributed by atoms with Crippen LogP contribution < -0.4 is 10.2 Å². The number of nitriles is 2. The van der Waals surface area contributed by atoms with E-state index in [1.54, 1.807) is 32.3 Å². The summed E-state index contributed by atoms with van der Waals surface area (Å²) < 4.78 is 0. The average molecular weight is 482 g/mol. The molecule has 0 bridgehead atoms. The molecule has 0 atom stereocenters. The van der Waals surface area contributed by atoms with Crippen molar-refractivity contribution >= 4 is 23.6 Å². The predicted molar refractivity (Wildman–Crippen MR) is 143 cm³/mol. The number of aryl methyl sites for hydroxylation is 1. The van der Waals surface area contributed by atoms with Crippen LogP contribution in [-0.2, 0) is 4.79 Å². The molecule has 8 heteroatoms. The number of hydrogen-bond donors (Lipinski definition) is 1. The smallest absolute Gasteiger partial charge is 0.255 e. The molecule has 0 saturated carbocycles. The molecule has 0 unspecified atom stereocenters. The number of piperidine rings is 1. The fraction of sp³-hybridized carbons (Fsp3) is 0.357. The second kappa shape index (κ2) is 11.9. The molecule has 0 spiro atoms. The highest BCUT2D eigenvalue weighted by atomic mass is 16.1. The van der Waals surface area contributed by atoms with Gasteiger partial charge in [0, 0.05) is 47.9 Å². The van der Waals surface area contributed by atoms with Crippen molar-refractivity contribution in [3.63, 3.8) is 0 Å². The molecule has 1 fully saturated rings. The molecule has 1 aliphatic rings. The highest BCUT2D eigenvalue weighted by Crippen LogP contribution is 2.29. The van der Waals surface area contributed by atoms with Crippen molar-refractivity contribution in [3.05, 3.63) is 60.1 Å². The van der Waals surface area contributed by atoms with Crippen molar-refractivity contribution in [2.75, 3.05) is 29.9 Å². The van der Waals surface area contributed by atoms with Gasteiger partial charge in [-0.2, -0.15) is 10.5 Å². The predicted octanol–water partition coefficient (Wildman–Crippen LogP) is 4.99. The monoisotopic (exact) mass is 481 g/mol. The first-order valence-corrected chi connectivity index (χ1v) is 11.9. The van der Waals surface area contributed by atoms with E-state index in [0.29, 0.717) is 23.4 Å². The molecule has 0 radical (unpaired) electrons. The van der Waals surface area contributed by atoms with E-state index in [1.165, 1.54) is 18.7 Å². The Morgan fingerprint density at radius 2 is 1.97 bits per heavy atom. The van der Waals surface area contributed by atoms with E-state index in [0.717, 1.165) is 48.6 Å². The normalized spacial score (nSPS) is 14.2. The Morgan fingerprint density at radius 3 is 2.64 bits per heavy atom. The minimum absolute atomic E-state index is 0.326. The van der Waals surface area contributed by atoms with Gasteiger partial charge in [-0.3, -0.25) is 14.8 Å². The lowest BCUT2D eigenvalue weighted by molar-refractivity contribution is -0.112. The average Bonchev–Trinajstić information content (AvgIpc) is 2.89. The van der Waals surface area contributed by atoms with Gasteiger partial charge in [-0.15, -0.1) is 0 Å². The van der Waals surface area contributed by atoms with Crippen molar-refractivity contribution in [2.45, 2.75) is 40.0 Å². The van der Waals surface area contributed by atoms with Crippen LogP contribution in [0.3, 0.4) is 0 Å². The highest BCUT2D eigenvalue weighted by Gasteiger charge is 2.18. The van der Waals surface area contributed by atoms with Crippen molar-refractivity contribution in [1.82, 2.24) is 9.97 Å². The molecule has 0 aliphatic carbocycles. The number of nitrogens with zero attached hydrogens (tertiary/aromatic N) is 6. The highest BCUT2D eigenvalue weighted by molar-refractivity contribution is 6.08. The van der Waals surface area contributed by atoms with Crippen molar-refractivity contribution in [2.24, 2.45) is 10.4 Å². The van der Waals surface area contributed by atoms with Crippen LogP contribution in [0.1, 0.15) is 44.4 Å². The molecule has 0 aromatic carbocycles. The summed E-state index contributed by atoms with van der Waals surface area (Å²) in [5, 5.41) is 21.7. The van der Waals surface area contributed by atoms with Crippen LogP contribution in [0.4, 0.5) is 11.5 Å². The Labute approximate surface area is 212 Å². The number of amides is 1. The molecule has 3 heterocycles. The lowest BCUT2D eigenvalue weighted by Gasteiger charge is -2.28. The van der Waals surface area contributed by atoms with Crippen LogP contribution in [0.25, 0.3) is 11.1 Å². The van der Waals surface area contributed by atoms with E-state index in [4.69, 9.17) is 5.26 Å². The van der Waals surface area contributed by atoms with Crippen LogP contribution in [0.15, 0.2) is 53.8 Å². The third kappa shape index (κ3) is 6.64. The van der Waals surface area contributed by atoms with Crippen LogP contribution >= 0.6 is 0 Å². The third-order valence-electron chi connectivity index (χ3n) is 5.93. The molecular formula is C28H31N7O. The van der Waals surface area contributed by atoms with Gasteiger partial charge in [-0.05, 0) is 58.2 Å². The number of aromatic nitrogens is 2. The Morgan fingerprint density at radius 1 is 1.22 bits per heavy atom. The number of carbonyl (C=O) groups excluding carboxylic acids is 1.